The van der Waals surface area contributed by atoms with Crippen LogP contribution in [0.1, 0.15) is 32.1 Å². The van der Waals surface area contributed by atoms with Crippen LogP contribution >= 0.6 is 0 Å². The summed E-state index contributed by atoms with van der Waals surface area (Å²) in [5.41, 5.74) is 6.99. The Morgan fingerprint density at radius 2 is 2.00 bits per heavy atom. The predicted molar refractivity (Wildman–Crippen MR) is 80.0 cm³/mol. The average molecular weight is 285 g/mol. The highest BCUT2D eigenvalue weighted by Crippen LogP contribution is 2.28. The van der Waals surface area contributed by atoms with E-state index in [1.165, 1.54) is 6.33 Å². The first-order valence-corrected chi connectivity index (χ1v) is 7.23. The summed E-state index contributed by atoms with van der Waals surface area (Å²) in [6.07, 6.45) is 7.72. The lowest BCUT2D eigenvalue weighted by atomic mass is 9.82. The SMILES string of the molecule is NC1(C(=O)Nc2ccccc2-n2cncn2)CCCCC1. The van der Waals surface area contributed by atoms with E-state index < -0.39 is 5.54 Å². The Morgan fingerprint density at radius 1 is 1.24 bits per heavy atom. The van der Waals surface area contributed by atoms with E-state index in [0.29, 0.717) is 5.69 Å². The van der Waals surface area contributed by atoms with Crippen molar-refractivity contribution < 1.29 is 4.79 Å². The molecule has 2 aromatic rings. The van der Waals surface area contributed by atoms with Gasteiger partial charge in [0, 0.05) is 0 Å². The highest BCUT2D eigenvalue weighted by atomic mass is 16.2. The second kappa shape index (κ2) is 5.65. The van der Waals surface area contributed by atoms with Crippen molar-refractivity contribution in [1.29, 1.82) is 0 Å². The van der Waals surface area contributed by atoms with Crippen LogP contribution in [-0.4, -0.2) is 26.2 Å². The zero-order chi connectivity index (χ0) is 14.7. The quantitative estimate of drug-likeness (QED) is 0.901. The molecular weight excluding hydrogens is 266 g/mol. The lowest BCUT2D eigenvalue weighted by Crippen LogP contribution is -2.52. The van der Waals surface area contributed by atoms with Crippen LogP contribution in [0.4, 0.5) is 5.69 Å². The summed E-state index contributed by atoms with van der Waals surface area (Å²) in [5.74, 6) is -0.116. The zero-order valence-electron chi connectivity index (χ0n) is 11.8. The molecule has 1 fully saturated rings. The number of carbonyl (C=O) groups excluding carboxylic acids is 1. The number of para-hydroxylation sites is 2. The summed E-state index contributed by atoms with van der Waals surface area (Å²) in [7, 11) is 0. The predicted octanol–water partition coefficient (Wildman–Crippen LogP) is 1.87. The Morgan fingerprint density at radius 3 is 2.71 bits per heavy atom. The van der Waals surface area contributed by atoms with Gasteiger partial charge in [-0.15, -0.1) is 0 Å². The molecule has 1 heterocycles. The minimum absolute atomic E-state index is 0.116. The summed E-state index contributed by atoms with van der Waals surface area (Å²) < 4.78 is 1.62. The second-order valence-corrected chi connectivity index (χ2v) is 5.53. The van der Waals surface area contributed by atoms with Gasteiger partial charge in [-0.25, -0.2) is 9.67 Å². The number of rotatable bonds is 3. The Hall–Kier alpha value is -2.21. The van der Waals surface area contributed by atoms with Crippen molar-refractivity contribution in [3.05, 3.63) is 36.9 Å². The van der Waals surface area contributed by atoms with Crippen molar-refractivity contribution in [2.45, 2.75) is 37.6 Å². The average Bonchev–Trinajstić information content (AvgIpc) is 3.02. The minimum atomic E-state index is -0.756. The van der Waals surface area contributed by atoms with Gasteiger partial charge in [0.2, 0.25) is 5.91 Å². The highest BCUT2D eigenvalue weighted by Gasteiger charge is 2.35. The molecule has 0 saturated heterocycles. The molecule has 6 heteroatoms. The van der Waals surface area contributed by atoms with E-state index in [-0.39, 0.29) is 5.91 Å². The molecule has 1 aromatic heterocycles. The number of anilines is 1. The first-order valence-electron chi connectivity index (χ1n) is 7.23. The molecule has 110 valence electrons. The molecule has 0 radical (unpaired) electrons. The maximum absolute atomic E-state index is 12.5. The number of benzene rings is 1. The van der Waals surface area contributed by atoms with E-state index >= 15 is 0 Å². The van der Waals surface area contributed by atoms with Crippen LogP contribution in [0, 0.1) is 0 Å². The third kappa shape index (κ3) is 2.80. The summed E-state index contributed by atoms with van der Waals surface area (Å²) >= 11 is 0. The van der Waals surface area contributed by atoms with Crippen molar-refractivity contribution in [2.24, 2.45) is 5.73 Å². The molecule has 0 aliphatic heterocycles. The fraction of sp³-hybridized carbons (Fsp3) is 0.400. The Bertz CT molecular complexity index is 617. The molecule has 1 aromatic carbocycles. The molecule has 1 saturated carbocycles. The molecule has 6 nitrogen and oxygen atoms in total. The van der Waals surface area contributed by atoms with Crippen molar-refractivity contribution in [3.8, 4) is 5.69 Å². The maximum atomic E-state index is 12.5. The molecule has 21 heavy (non-hydrogen) atoms. The number of nitrogens with two attached hydrogens (primary N) is 1. The van der Waals surface area contributed by atoms with E-state index in [1.54, 1.807) is 11.0 Å². The first-order chi connectivity index (χ1) is 10.2. The van der Waals surface area contributed by atoms with E-state index in [9.17, 15) is 4.79 Å². The van der Waals surface area contributed by atoms with Gasteiger partial charge in [-0.1, -0.05) is 31.4 Å². The molecule has 0 spiro atoms. The Balaban J connectivity index is 1.83. The number of aromatic nitrogens is 3. The number of nitrogens with zero attached hydrogens (tertiary/aromatic N) is 3. The summed E-state index contributed by atoms with van der Waals surface area (Å²) in [6.45, 7) is 0. The molecule has 3 N–H and O–H groups in total. The summed E-state index contributed by atoms with van der Waals surface area (Å²) in [4.78, 5) is 16.5. The van der Waals surface area contributed by atoms with E-state index in [0.717, 1.165) is 37.8 Å². The molecule has 0 bridgehead atoms. The standard InChI is InChI=1S/C15H19N5O/c16-15(8-4-1-5-9-15)14(21)19-12-6-2-3-7-13(12)20-11-17-10-18-20/h2-3,6-7,10-11H,1,4-5,8-9,16H2,(H,19,21). The smallest absolute Gasteiger partial charge is 0.244 e. The second-order valence-electron chi connectivity index (χ2n) is 5.53. The van der Waals surface area contributed by atoms with Crippen LogP contribution in [0.25, 0.3) is 5.69 Å². The third-order valence-electron chi connectivity index (χ3n) is 4.02. The van der Waals surface area contributed by atoms with Crippen LogP contribution in [0.3, 0.4) is 0 Å². The van der Waals surface area contributed by atoms with Crippen LogP contribution in [0.2, 0.25) is 0 Å². The van der Waals surface area contributed by atoms with Crippen LogP contribution < -0.4 is 11.1 Å². The number of hydrogen-bond acceptors (Lipinski definition) is 4. The molecule has 0 unspecified atom stereocenters. The number of amides is 1. The maximum Gasteiger partial charge on any atom is 0.244 e. The first kappa shape index (κ1) is 13.8. The number of carbonyl (C=O) groups is 1. The Labute approximate surface area is 123 Å². The van der Waals surface area contributed by atoms with Gasteiger partial charge in [-0.05, 0) is 25.0 Å². The number of hydrogen-bond donors (Lipinski definition) is 2. The highest BCUT2D eigenvalue weighted by molar-refractivity contribution is 5.99. The van der Waals surface area contributed by atoms with Gasteiger partial charge >= 0.3 is 0 Å². The molecule has 1 aliphatic rings. The van der Waals surface area contributed by atoms with Gasteiger partial charge in [0.25, 0.3) is 0 Å². The minimum Gasteiger partial charge on any atom is -0.323 e. The molecule has 3 rings (SSSR count). The van der Waals surface area contributed by atoms with Gasteiger partial charge in [0.05, 0.1) is 16.9 Å². The Kier molecular flexibility index (Phi) is 3.70. The largest absolute Gasteiger partial charge is 0.323 e. The van der Waals surface area contributed by atoms with Crippen LogP contribution in [0.15, 0.2) is 36.9 Å². The summed E-state index contributed by atoms with van der Waals surface area (Å²) in [5, 5.41) is 7.06. The van der Waals surface area contributed by atoms with E-state index in [2.05, 4.69) is 15.4 Å². The lowest BCUT2D eigenvalue weighted by Gasteiger charge is -2.32. The van der Waals surface area contributed by atoms with Crippen LogP contribution in [-0.2, 0) is 4.79 Å². The van der Waals surface area contributed by atoms with Gasteiger partial charge in [-0.2, -0.15) is 5.10 Å². The zero-order valence-corrected chi connectivity index (χ0v) is 11.8. The molecule has 0 atom stereocenters. The van der Waals surface area contributed by atoms with Gasteiger partial charge in [0.1, 0.15) is 12.7 Å². The number of nitrogens with one attached hydrogen (secondary N) is 1. The lowest BCUT2D eigenvalue weighted by molar-refractivity contribution is -0.122. The molecule has 1 amide bonds. The molecular formula is C15H19N5O. The fourth-order valence-corrected chi connectivity index (χ4v) is 2.77. The fourth-order valence-electron chi connectivity index (χ4n) is 2.77. The van der Waals surface area contributed by atoms with Gasteiger partial charge < -0.3 is 11.1 Å². The van der Waals surface area contributed by atoms with Crippen molar-refractivity contribution in [1.82, 2.24) is 14.8 Å². The molecule has 1 aliphatic carbocycles. The van der Waals surface area contributed by atoms with Gasteiger partial charge in [-0.3, -0.25) is 4.79 Å². The van der Waals surface area contributed by atoms with Crippen molar-refractivity contribution in [2.75, 3.05) is 5.32 Å². The van der Waals surface area contributed by atoms with E-state index in [1.807, 2.05) is 24.3 Å². The third-order valence-corrected chi connectivity index (χ3v) is 4.02. The van der Waals surface area contributed by atoms with Crippen molar-refractivity contribution >= 4 is 11.6 Å². The topological polar surface area (TPSA) is 85.8 Å². The normalized spacial score (nSPS) is 17.4. The van der Waals surface area contributed by atoms with E-state index in [4.69, 9.17) is 5.73 Å². The van der Waals surface area contributed by atoms with Crippen molar-refractivity contribution in [3.63, 3.8) is 0 Å². The van der Waals surface area contributed by atoms with Gasteiger partial charge in [0.15, 0.2) is 0 Å². The summed E-state index contributed by atoms with van der Waals surface area (Å²) in [6, 6.07) is 7.50. The monoisotopic (exact) mass is 285 g/mol. The van der Waals surface area contributed by atoms with Crippen LogP contribution in [0.5, 0.6) is 0 Å².